The third-order valence-corrected chi connectivity index (χ3v) is 4.13. The molecule has 0 aliphatic carbocycles. The van der Waals surface area contributed by atoms with Crippen LogP contribution in [0.1, 0.15) is 12.2 Å². The van der Waals surface area contributed by atoms with Gasteiger partial charge in [-0.3, -0.25) is 4.99 Å². The molecule has 0 saturated carbocycles. The van der Waals surface area contributed by atoms with E-state index in [1.165, 1.54) is 0 Å². The average molecular weight is 509 g/mol. The zero-order valence-electron chi connectivity index (χ0n) is 16.6. The van der Waals surface area contributed by atoms with Crippen LogP contribution in [0, 0.1) is 0 Å². The number of hydrogen-bond donors (Lipinski definition) is 3. The summed E-state index contributed by atoms with van der Waals surface area (Å²) in [6, 6.07) is 15.9. The number of nitrogens with zero attached hydrogens (tertiary/aromatic N) is 2. The van der Waals surface area contributed by atoms with E-state index in [0.29, 0.717) is 13.2 Å². The fourth-order valence-corrected chi connectivity index (χ4v) is 2.71. The van der Waals surface area contributed by atoms with Crippen LogP contribution in [0.5, 0.6) is 0 Å². The zero-order valence-corrected chi connectivity index (χ0v) is 18.9. The van der Waals surface area contributed by atoms with E-state index in [4.69, 9.17) is 9.15 Å². The van der Waals surface area contributed by atoms with Crippen LogP contribution in [0.3, 0.4) is 0 Å². The molecule has 0 radical (unpaired) electrons. The summed E-state index contributed by atoms with van der Waals surface area (Å²) in [5.41, 5.74) is 0.993. The number of halogens is 1. The van der Waals surface area contributed by atoms with Crippen molar-refractivity contribution in [2.75, 3.05) is 38.6 Å². The van der Waals surface area contributed by atoms with Crippen LogP contribution in [-0.2, 0) is 11.3 Å². The highest BCUT2D eigenvalue weighted by Gasteiger charge is 2.00. The van der Waals surface area contributed by atoms with Gasteiger partial charge < -0.3 is 25.1 Å². The van der Waals surface area contributed by atoms with Crippen molar-refractivity contribution in [1.82, 2.24) is 15.6 Å². The number of rotatable bonds is 10. The second-order valence-electron chi connectivity index (χ2n) is 6.23. The third-order valence-electron chi connectivity index (χ3n) is 4.13. The third kappa shape index (κ3) is 7.90. The van der Waals surface area contributed by atoms with E-state index in [9.17, 15) is 0 Å². The zero-order chi connectivity index (χ0) is 19.4. The molecular formula is C21H28IN5O2. The summed E-state index contributed by atoms with van der Waals surface area (Å²) in [5.74, 6) is 2.50. The minimum absolute atomic E-state index is 0. The van der Waals surface area contributed by atoms with Crippen LogP contribution in [-0.4, -0.2) is 44.2 Å². The van der Waals surface area contributed by atoms with Crippen LogP contribution in [0.15, 0.2) is 64.2 Å². The molecule has 3 rings (SSSR count). The number of anilines is 1. The maximum absolute atomic E-state index is 5.56. The molecule has 0 amide bonds. The van der Waals surface area contributed by atoms with Gasteiger partial charge in [-0.25, -0.2) is 4.98 Å². The number of para-hydroxylation sites is 1. The molecule has 0 saturated heterocycles. The highest BCUT2D eigenvalue weighted by molar-refractivity contribution is 14.0. The topological polar surface area (TPSA) is 83.7 Å². The molecule has 3 N–H and O–H groups in total. The van der Waals surface area contributed by atoms with Gasteiger partial charge in [0.2, 0.25) is 0 Å². The Morgan fingerprint density at radius 2 is 1.90 bits per heavy atom. The molecule has 3 aromatic rings. The molecule has 0 atom stereocenters. The molecule has 7 nitrogen and oxygen atoms in total. The Balaban J connectivity index is 0.00000300. The van der Waals surface area contributed by atoms with Gasteiger partial charge >= 0.3 is 0 Å². The summed E-state index contributed by atoms with van der Waals surface area (Å²) in [6.07, 6.45) is 2.54. The Bertz CT molecular complexity index is 870. The number of aromatic nitrogens is 1. The maximum Gasteiger partial charge on any atom is 0.191 e. The lowest BCUT2D eigenvalue weighted by atomic mass is 10.2. The van der Waals surface area contributed by atoms with E-state index in [1.54, 1.807) is 13.3 Å². The number of hydrogen-bond acceptors (Lipinski definition) is 5. The number of ether oxygens (including phenoxy) is 1. The number of benzene rings is 1. The Morgan fingerprint density at radius 1 is 1.03 bits per heavy atom. The van der Waals surface area contributed by atoms with E-state index in [1.807, 2.05) is 36.4 Å². The lowest BCUT2D eigenvalue weighted by molar-refractivity contribution is 0.105. The molecule has 0 unspecified atom stereocenters. The van der Waals surface area contributed by atoms with Crippen molar-refractivity contribution in [2.24, 2.45) is 4.99 Å². The fourth-order valence-electron chi connectivity index (χ4n) is 2.71. The molecule has 2 heterocycles. The van der Waals surface area contributed by atoms with E-state index < -0.39 is 0 Å². The lowest BCUT2D eigenvalue weighted by Crippen LogP contribution is -2.40. The standard InChI is InChI=1S/C21H27N5O2.HI/c1-22-21(24-11-5-14-27-16-18-7-4-15-28-18)25-13-12-23-20-10-9-17-6-2-3-8-19(17)26-20;/h2-4,6-10,15H,5,11-14,16H2,1H3,(H,23,26)(H2,22,24,25);1H. The van der Waals surface area contributed by atoms with Crippen molar-refractivity contribution in [3.05, 3.63) is 60.6 Å². The number of fused-ring (bicyclic) bond motifs is 1. The van der Waals surface area contributed by atoms with E-state index in [-0.39, 0.29) is 24.0 Å². The molecule has 156 valence electrons. The van der Waals surface area contributed by atoms with Crippen LogP contribution in [0.25, 0.3) is 10.9 Å². The molecule has 0 spiro atoms. The monoisotopic (exact) mass is 509 g/mol. The summed E-state index contributed by atoms with van der Waals surface area (Å²) in [5, 5.41) is 11.0. The number of guanidine groups is 1. The van der Waals surface area contributed by atoms with Crippen LogP contribution >= 0.6 is 24.0 Å². The minimum atomic E-state index is 0. The predicted molar refractivity (Wildman–Crippen MR) is 128 cm³/mol. The summed E-state index contributed by atoms with van der Waals surface area (Å²) >= 11 is 0. The number of furan rings is 1. The van der Waals surface area contributed by atoms with Gasteiger partial charge in [0.15, 0.2) is 5.96 Å². The highest BCUT2D eigenvalue weighted by atomic mass is 127. The summed E-state index contributed by atoms with van der Waals surface area (Å²) in [4.78, 5) is 8.83. The molecule has 0 bridgehead atoms. The molecule has 2 aromatic heterocycles. The van der Waals surface area contributed by atoms with Crippen molar-refractivity contribution in [1.29, 1.82) is 0 Å². The first-order valence-electron chi connectivity index (χ1n) is 9.49. The number of aliphatic imine (C=N–C) groups is 1. The van der Waals surface area contributed by atoms with Crippen LogP contribution in [0.4, 0.5) is 5.82 Å². The molecule has 29 heavy (non-hydrogen) atoms. The van der Waals surface area contributed by atoms with E-state index >= 15 is 0 Å². The van der Waals surface area contributed by atoms with Crippen molar-refractivity contribution in [3.63, 3.8) is 0 Å². The number of nitrogens with one attached hydrogen (secondary N) is 3. The first-order chi connectivity index (χ1) is 13.8. The highest BCUT2D eigenvalue weighted by Crippen LogP contribution is 2.14. The van der Waals surface area contributed by atoms with Gasteiger partial charge in [-0.05, 0) is 36.8 Å². The van der Waals surface area contributed by atoms with Gasteiger partial charge in [-0.1, -0.05) is 18.2 Å². The van der Waals surface area contributed by atoms with Crippen molar-refractivity contribution in [2.45, 2.75) is 13.0 Å². The van der Waals surface area contributed by atoms with E-state index in [0.717, 1.165) is 54.5 Å². The van der Waals surface area contributed by atoms with Gasteiger partial charge in [0.25, 0.3) is 0 Å². The van der Waals surface area contributed by atoms with Gasteiger partial charge in [0.1, 0.15) is 18.2 Å². The predicted octanol–water partition coefficient (Wildman–Crippen LogP) is 3.63. The van der Waals surface area contributed by atoms with Crippen molar-refractivity contribution < 1.29 is 9.15 Å². The molecule has 8 heteroatoms. The molecular weight excluding hydrogens is 481 g/mol. The lowest BCUT2D eigenvalue weighted by Gasteiger charge is -2.12. The van der Waals surface area contributed by atoms with Gasteiger partial charge in [0.05, 0.1) is 11.8 Å². The minimum Gasteiger partial charge on any atom is -0.467 e. The van der Waals surface area contributed by atoms with Gasteiger partial charge in [0, 0.05) is 38.7 Å². The van der Waals surface area contributed by atoms with Crippen LogP contribution in [0.2, 0.25) is 0 Å². The number of pyridine rings is 1. The smallest absolute Gasteiger partial charge is 0.191 e. The van der Waals surface area contributed by atoms with Gasteiger partial charge in [-0.2, -0.15) is 0 Å². The first-order valence-corrected chi connectivity index (χ1v) is 9.49. The molecule has 0 fully saturated rings. The Morgan fingerprint density at radius 3 is 2.72 bits per heavy atom. The summed E-state index contributed by atoms with van der Waals surface area (Å²) in [6.45, 7) is 3.45. The molecule has 0 aliphatic rings. The largest absolute Gasteiger partial charge is 0.467 e. The maximum atomic E-state index is 5.56. The second kappa shape index (κ2) is 13.0. The Hall–Kier alpha value is -2.33. The first kappa shape index (κ1) is 23.0. The average Bonchev–Trinajstić information content (AvgIpc) is 3.25. The summed E-state index contributed by atoms with van der Waals surface area (Å²) in [7, 11) is 1.76. The summed E-state index contributed by atoms with van der Waals surface area (Å²) < 4.78 is 10.8. The molecule has 0 aliphatic heterocycles. The second-order valence-corrected chi connectivity index (χ2v) is 6.23. The quantitative estimate of drug-likeness (QED) is 0.168. The van der Waals surface area contributed by atoms with E-state index in [2.05, 4.69) is 38.1 Å². The van der Waals surface area contributed by atoms with Gasteiger partial charge in [-0.15, -0.1) is 24.0 Å². The molecule has 1 aromatic carbocycles. The Kier molecular flexibility index (Phi) is 10.3. The Labute approximate surface area is 188 Å². The fraction of sp³-hybridized carbons (Fsp3) is 0.333. The SMILES string of the molecule is CN=C(NCCCOCc1ccco1)NCCNc1ccc2ccccc2n1.I. The van der Waals surface area contributed by atoms with Crippen LogP contribution < -0.4 is 16.0 Å². The normalized spacial score (nSPS) is 11.1. The van der Waals surface area contributed by atoms with Crippen molar-refractivity contribution in [3.8, 4) is 0 Å². The van der Waals surface area contributed by atoms with Crippen molar-refractivity contribution >= 4 is 46.7 Å².